The number of nitrogens with zero attached hydrogens (tertiary/aromatic N) is 1. The summed E-state index contributed by atoms with van der Waals surface area (Å²) in [6.07, 6.45) is 1.15. The van der Waals surface area contributed by atoms with E-state index in [2.05, 4.69) is 31.0 Å². The molecule has 1 aliphatic rings. The number of piperazine rings is 1. The summed E-state index contributed by atoms with van der Waals surface area (Å²) in [7, 11) is 0. The third kappa shape index (κ3) is 4.18. The van der Waals surface area contributed by atoms with Crippen LogP contribution >= 0.6 is 11.6 Å². The maximum atomic E-state index is 13.9. The van der Waals surface area contributed by atoms with Crippen molar-refractivity contribution in [3.63, 3.8) is 0 Å². The molecule has 0 spiro atoms. The van der Waals surface area contributed by atoms with Crippen molar-refractivity contribution in [2.75, 3.05) is 13.1 Å². The fourth-order valence-electron chi connectivity index (χ4n) is 2.82. The quantitative estimate of drug-likeness (QED) is 0.912. The van der Waals surface area contributed by atoms with Gasteiger partial charge in [-0.2, -0.15) is 0 Å². The van der Waals surface area contributed by atoms with Gasteiger partial charge in [-0.05, 0) is 37.5 Å². The van der Waals surface area contributed by atoms with E-state index in [1.54, 1.807) is 12.1 Å². The van der Waals surface area contributed by atoms with Gasteiger partial charge in [-0.3, -0.25) is 4.90 Å². The highest BCUT2D eigenvalue weighted by Gasteiger charge is 2.25. The minimum absolute atomic E-state index is 0.166. The van der Waals surface area contributed by atoms with Gasteiger partial charge in [0.25, 0.3) is 0 Å². The molecule has 0 saturated carbocycles. The molecule has 2 rings (SSSR count). The van der Waals surface area contributed by atoms with Crippen LogP contribution in [-0.4, -0.2) is 30.1 Å². The van der Waals surface area contributed by atoms with Crippen molar-refractivity contribution in [3.05, 3.63) is 34.6 Å². The van der Waals surface area contributed by atoms with Crippen LogP contribution in [0.5, 0.6) is 0 Å². The van der Waals surface area contributed by atoms with Crippen LogP contribution in [0.4, 0.5) is 4.39 Å². The van der Waals surface area contributed by atoms with Gasteiger partial charge >= 0.3 is 0 Å². The summed E-state index contributed by atoms with van der Waals surface area (Å²) in [5, 5.41) is 4.18. The molecule has 4 heteroatoms. The van der Waals surface area contributed by atoms with Crippen LogP contribution < -0.4 is 5.32 Å². The highest BCUT2D eigenvalue weighted by molar-refractivity contribution is 6.30. The molecule has 1 aromatic rings. The molecule has 112 valence electrons. The van der Waals surface area contributed by atoms with Crippen molar-refractivity contribution in [2.45, 2.75) is 45.8 Å². The number of hydrogen-bond acceptors (Lipinski definition) is 2. The zero-order valence-corrected chi connectivity index (χ0v) is 13.3. The number of hydrogen-bond donors (Lipinski definition) is 1. The Morgan fingerprint density at radius 3 is 2.90 bits per heavy atom. The van der Waals surface area contributed by atoms with Gasteiger partial charge in [-0.25, -0.2) is 4.39 Å². The van der Waals surface area contributed by atoms with Crippen LogP contribution in [0, 0.1) is 11.7 Å². The lowest BCUT2D eigenvalue weighted by molar-refractivity contribution is 0.123. The van der Waals surface area contributed by atoms with Gasteiger partial charge < -0.3 is 5.32 Å². The summed E-state index contributed by atoms with van der Waals surface area (Å²) in [5.41, 5.74) is 0.689. The number of halogens is 2. The number of nitrogens with one attached hydrogen (secondary N) is 1. The summed E-state index contributed by atoms with van der Waals surface area (Å²) >= 11 is 5.97. The Hall–Kier alpha value is -0.640. The van der Waals surface area contributed by atoms with Crippen LogP contribution in [0.25, 0.3) is 0 Å². The normalized spacial score (nSPS) is 24.3. The van der Waals surface area contributed by atoms with Crippen LogP contribution in [0.3, 0.4) is 0 Å². The second kappa shape index (κ2) is 6.88. The fourth-order valence-corrected chi connectivity index (χ4v) is 3.02. The summed E-state index contributed by atoms with van der Waals surface area (Å²) in [6, 6.07) is 5.70. The second-order valence-corrected chi connectivity index (χ2v) is 6.69. The largest absolute Gasteiger partial charge is 0.311 e. The molecular weight excluding hydrogens is 275 g/mol. The van der Waals surface area contributed by atoms with Crippen LogP contribution in [0.1, 0.15) is 32.8 Å². The van der Waals surface area contributed by atoms with Crippen molar-refractivity contribution < 1.29 is 4.39 Å². The lowest BCUT2D eigenvalue weighted by Crippen LogP contribution is -2.55. The van der Waals surface area contributed by atoms with E-state index in [9.17, 15) is 4.39 Å². The van der Waals surface area contributed by atoms with Crippen molar-refractivity contribution in [3.8, 4) is 0 Å². The van der Waals surface area contributed by atoms with Crippen LogP contribution in [0.2, 0.25) is 5.02 Å². The highest BCUT2D eigenvalue weighted by atomic mass is 35.5. The average molecular weight is 299 g/mol. The molecule has 1 fully saturated rings. The summed E-state index contributed by atoms with van der Waals surface area (Å²) in [5.74, 6) is 0.506. The third-order valence-corrected chi connectivity index (χ3v) is 4.15. The molecule has 0 aromatic heterocycles. The van der Waals surface area contributed by atoms with Crippen LogP contribution in [-0.2, 0) is 6.54 Å². The second-order valence-electron chi connectivity index (χ2n) is 6.25. The molecule has 2 atom stereocenters. The van der Waals surface area contributed by atoms with Crippen molar-refractivity contribution in [1.82, 2.24) is 10.2 Å². The first kappa shape index (κ1) is 15.7. The number of benzene rings is 1. The van der Waals surface area contributed by atoms with E-state index in [0.29, 0.717) is 35.1 Å². The molecule has 1 saturated heterocycles. The lowest BCUT2D eigenvalue weighted by atomic mass is 9.99. The maximum absolute atomic E-state index is 13.9. The smallest absolute Gasteiger partial charge is 0.127 e. The first-order chi connectivity index (χ1) is 9.45. The van der Waals surface area contributed by atoms with E-state index >= 15 is 0 Å². The molecule has 2 nitrogen and oxygen atoms in total. The molecule has 0 amide bonds. The van der Waals surface area contributed by atoms with Crippen molar-refractivity contribution in [2.24, 2.45) is 5.92 Å². The lowest BCUT2D eigenvalue weighted by Gasteiger charge is -2.39. The minimum Gasteiger partial charge on any atom is -0.311 e. The Bertz CT molecular complexity index is 450. The Balaban J connectivity index is 2.04. The molecule has 1 N–H and O–H groups in total. The highest BCUT2D eigenvalue weighted by Crippen LogP contribution is 2.20. The Morgan fingerprint density at radius 2 is 2.20 bits per heavy atom. The van der Waals surface area contributed by atoms with Gasteiger partial charge in [-0.1, -0.05) is 25.4 Å². The topological polar surface area (TPSA) is 15.3 Å². The third-order valence-electron chi connectivity index (χ3n) is 3.92. The minimum atomic E-state index is -0.166. The van der Waals surface area contributed by atoms with E-state index in [0.717, 1.165) is 19.5 Å². The van der Waals surface area contributed by atoms with Crippen molar-refractivity contribution in [1.29, 1.82) is 0 Å². The SMILES string of the molecule is CC(C)CC1CN(Cc2cc(Cl)ccc2F)C(C)CN1. The first-order valence-corrected chi connectivity index (χ1v) is 7.75. The standard InChI is InChI=1S/C16H24ClFN2/c1-11(2)6-15-10-20(12(3)8-19-15)9-13-7-14(17)4-5-16(13)18/h4-5,7,11-12,15,19H,6,8-10H2,1-3H3. The van der Waals surface area contributed by atoms with Crippen LogP contribution in [0.15, 0.2) is 18.2 Å². The molecule has 0 radical (unpaired) electrons. The van der Waals surface area contributed by atoms with Gasteiger partial charge in [0.15, 0.2) is 0 Å². The van der Waals surface area contributed by atoms with Crippen molar-refractivity contribution >= 4 is 11.6 Å². The molecule has 0 aliphatic carbocycles. The molecule has 0 bridgehead atoms. The monoisotopic (exact) mass is 298 g/mol. The molecular formula is C16H24ClFN2. The Kier molecular flexibility index (Phi) is 5.42. The molecule has 1 aliphatic heterocycles. The fraction of sp³-hybridized carbons (Fsp3) is 0.625. The van der Waals surface area contributed by atoms with Gasteiger partial charge in [0.2, 0.25) is 0 Å². The van der Waals surface area contributed by atoms with E-state index < -0.39 is 0 Å². The maximum Gasteiger partial charge on any atom is 0.127 e. The van der Waals surface area contributed by atoms with Gasteiger partial charge in [-0.15, -0.1) is 0 Å². The van der Waals surface area contributed by atoms with E-state index in [1.165, 1.54) is 6.07 Å². The summed E-state index contributed by atoms with van der Waals surface area (Å²) in [4.78, 5) is 2.35. The number of rotatable bonds is 4. The van der Waals surface area contributed by atoms with Gasteiger partial charge in [0, 0.05) is 42.3 Å². The Morgan fingerprint density at radius 1 is 1.45 bits per heavy atom. The van der Waals surface area contributed by atoms with E-state index in [-0.39, 0.29) is 5.82 Å². The van der Waals surface area contributed by atoms with Gasteiger partial charge in [0.05, 0.1) is 0 Å². The van der Waals surface area contributed by atoms with E-state index in [1.807, 2.05) is 0 Å². The zero-order chi connectivity index (χ0) is 14.7. The predicted molar refractivity (Wildman–Crippen MR) is 82.5 cm³/mol. The predicted octanol–water partition coefficient (Wildman–Crippen LogP) is 3.69. The molecule has 20 heavy (non-hydrogen) atoms. The first-order valence-electron chi connectivity index (χ1n) is 7.37. The summed E-state index contributed by atoms with van der Waals surface area (Å²) in [6.45, 7) is 9.21. The molecule has 2 unspecified atom stereocenters. The zero-order valence-electron chi connectivity index (χ0n) is 12.5. The Labute approximate surface area is 126 Å². The van der Waals surface area contributed by atoms with E-state index in [4.69, 9.17) is 11.6 Å². The molecule has 1 heterocycles. The molecule has 1 aromatic carbocycles. The summed E-state index contributed by atoms with van der Waals surface area (Å²) < 4.78 is 13.9. The van der Waals surface area contributed by atoms with Gasteiger partial charge in [0.1, 0.15) is 5.82 Å². The average Bonchev–Trinajstić information content (AvgIpc) is 2.37.